The summed E-state index contributed by atoms with van der Waals surface area (Å²) in [5, 5.41) is 9.00. The number of hydrogen-bond acceptors (Lipinski definition) is 5. The monoisotopic (exact) mass is 357 g/mol. The van der Waals surface area contributed by atoms with Crippen molar-refractivity contribution in [3.8, 4) is 0 Å². The third kappa shape index (κ3) is 5.74. The highest BCUT2D eigenvalue weighted by molar-refractivity contribution is 7.80. The summed E-state index contributed by atoms with van der Waals surface area (Å²) < 4.78 is 5.34. The fourth-order valence-corrected chi connectivity index (χ4v) is 2.86. The zero-order valence-corrected chi connectivity index (χ0v) is 15.0. The number of aromatic nitrogens is 1. The number of rotatable bonds is 6. The summed E-state index contributed by atoms with van der Waals surface area (Å²) in [6.07, 6.45) is 4.60. The number of morpholine rings is 1. The smallest absolute Gasteiger partial charge is 0.186 e. The normalized spacial score (nSPS) is 15.5. The van der Waals surface area contributed by atoms with Crippen LogP contribution in [0.4, 0.5) is 0 Å². The van der Waals surface area contributed by atoms with Crippen LogP contribution in [0.15, 0.2) is 41.6 Å². The van der Waals surface area contributed by atoms with Crippen LogP contribution >= 0.6 is 12.2 Å². The molecular formula is C18H23N5OS. The van der Waals surface area contributed by atoms with Crippen LogP contribution in [0, 0.1) is 0 Å². The molecule has 1 aliphatic heterocycles. The van der Waals surface area contributed by atoms with Gasteiger partial charge in [-0.1, -0.05) is 12.1 Å². The quantitative estimate of drug-likeness (QED) is 0.356. The van der Waals surface area contributed by atoms with Gasteiger partial charge in [0.1, 0.15) is 0 Å². The third-order valence-corrected chi connectivity index (χ3v) is 4.28. The lowest BCUT2D eigenvalue weighted by atomic mass is 10.1. The van der Waals surface area contributed by atoms with Crippen LogP contribution in [-0.4, -0.2) is 60.6 Å². The molecule has 0 atom stereocenters. The van der Waals surface area contributed by atoms with Gasteiger partial charge in [-0.15, -0.1) is 0 Å². The van der Waals surface area contributed by atoms with Gasteiger partial charge in [-0.2, -0.15) is 5.10 Å². The van der Waals surface area contributed by atoms with Crippen molar-refractivity contribution < 1.29 is 4.74 Å². The van der Waals surface area contributed by atoms with Gasteiger partial charge in [-0.25, -0.2) is 0 Å². The molecule has 0 radical (unpaired) electrons. The molecule has 0 bridgehead atoms. The van der Waals surface area contributed by atoms with E-state index in [1.54, 1.807) is 12.4 Å². The van der Waals surface area contributed by atoms with Gasteiger partial charge >= 0.3 is 0 Å². The summed E-state index contributed by atoms with van der Waals surface area (Å²) in [4.78, 5) is 6.72. The van der Waals surface area contributed by atoms with E-state index in [0.29, 0.717) is 5.11 Å². The Morgan fingerprint density at radius 2 is 2.20 bits per heavy atom. The number of nitrogens with zero attached hydrogens (tertiary/aromatic N) is 3. The molecule has 0 unspecified atom stereocenters. The lowest BCUT2D eigenvalue weighted by Gasteiger charge is -2.26. The maximum atomic E-state index is 5.34. The lowest BCUT2D eigenvalue weighted by Crippen LogP contribution is -2.39. The summed E-state index contributed by atoms with van der Waals surface area (Å²) in [5.74, 6) is 0. The molecule has 1 aliphatic rings. The SMILES string of the molecule is S=C(NCCCN1CCOCC1)NN=Cc1ccc2ncccc2c1. The first-order chi connectivity index (χ1) is 12.3. The van der Waals surface area contributed by atoms with E-state index in [9.17, 15) is 0 Å². The van der Waals surface area contributed by atoms with Crippen molar-refractivity contribution in [2.45, 2.75) is 6.42 Å². The number of hydrazone groups is 1. The molecule has 0 spiro atoms. The topological polar surface area (TPSA) is 61.8 Å². The minimum atomic E-state index is 0.542. The zero-order valence-electron chi connectivity index (χ0n) is 14.1. The van der Waals surface area contributed by atoms with Gasteiger partial charge < -0.3 is 10.1 Å². The standard InChI is InChI=1S/C18H23N5OS/c25-18(20-7-2-8-23-9-11-24-12-10-23)22-21-14-15-4-5-17-16(13-15)3-1-6-19-17/h1,3-6,13-14H,2,7-12H2,(H2,20,22,25). The van der Waals surface area contributed by atoms with Crippen LogP contribution < -0.4 is 10.7 Å². The maximum Gasteiger partial charge on any atom is 0.186 e. The highest BCUT2D eigenvalue weighted by Crippen LogP contribution is 2.11. The minimum Gasteiger partial charge on any atom is -0.379 e. The van der Waals surface area contributed by atoms with E-state index in [0.717, 1.165) is 62.3 Å². The summed E-state index contributed by atoms with van der Waals surface area (Å²) in [6, 6.07) is 9.98. The molecule has 132 valence electrons. The van der Waals surface area contributed by atoms with E-state index in [1.807, 2.05) is 30.3 Å². The third-order valence-electron chi connectivity index (χ3n) is 4.05. The summed E-state index contributed by atoms with van der Waals surface area (Å²) in [7, 11) is 0. The predicted molar refractivity (Wildman–Crippen MR) is 105 cm³/mol. The van der Waals surface area contributed by atoms with Gasteiger partial charge in [-0.3, -0.25) is 15.3 Å². The maximum absolute atomic E-state index is 5.34. The molecule has 0 saturated carbocycles. The van der Waals surface area contributed by atoms with Crippen LogP contribution in [0.1, 0.15) is 12.0 Å². The molecule has 2 aromatic rings. The molecule has 2 N–H and O–H groups in total. The molecule has 6 nitrogen and oxygen atoms in total. The van der Waals surface area contributed by atoms with Gasteiger partial charge in [0.15, 0.2) is 5.11 Å². The van der Waals surface area contributed by atoms with E-state index < -0.39 is 0 Å². The molecule has 1 saturated heterocycles. The van der Waals surface area contributed by atoms with E-state index in [2.05, 4.69) is 25.7 Å². The Morgan fingerprint density at radius 1 is 1.32 bits per heavy atom. The van der Waals surface area contributed by atoms with Gasteiger partial charge in [0, 0.05) is 31.2 Å². The molecule has 1 aromatic carbocycles. The Kier molecular flexibility index (Phi) is 6.67. The number of pyridine rings is 1. The van der Waals surface area contributed by atoms with E-state index >= 15 is 0 Å². The predicted octanol–water partition coefficient (Wildman–Crippen LogP) is 1.76. The van der Waals surface area contributed by atoms with Gasteiger partial charge in [0.25, 0.3) is 0 Å². The fraction of sp³-hybridized carbons (Fsp3) is 0.389. The Hall–Kier alpha value is -2.09. The number of benzene rings is 1. The van der Waals surface area contributed by atoms with Crippen molar-refractivity contribution in [1.82, 2.24) is 20.6 Å². The number of nitrogens with one attached hydrogen (secondary N) is 2. The largest absolute Gasteiger partial charge is 0.379 e. The molecular weight excluding hydrogens is 334 g/mol. The van der Waals surface area contributed by atoms with E-state index in [1.165, 1.54) is 0 Å². The second-order valence-corrected chi connectivity index (χ2v) is 6.30. The first kappa shape index (κ1) is 17.7. The average Bonchev–Trinajstić information content (AvgIpc) is 2.66. The van der Waals surface area contributed by atoms with E-state index in [4.69, 9.17) is 17.0 Å². The average molecular weight is 357 g/mol. The highest BCUT2D eigenvalue weighted by atomic mass is 32.1. The first-order valence-electron chi connectivity index (χ1n) is 8.53. The summed E-state index contributed by atoms with van der Waals surface area (Å²) in [5.41, 5.74) is 4.84. The second kappa shape index (κ2) is 9.41. The van der Waals surface area contributed by atoms with Crippen molar-refractivity contribution in [1.29, 1.82) is 0 Å². The molecule has 7 heteroatoms. The first-order valence-corrected chi connectivity index (χ1v) is 8.94. The van der Waals surface area contributed by atoms with Gasteiger partial charge in [0.2, 0.25) is 0 Å². The van der Waals surface area contributed by atoms with Crippen molar-refractivity contribution >= 4 is 34.4 Å². The van der Waals surface area contributed by atoms with Crippen LogP contribution in [-0.2, 0) is 4.74 Å². The lowest BCUT2D eigenvalue weighted by molar-refractivity contribution is 0.0376. The number of thiocarbonyl (C=S) groups is 1. The Labute approximate surface area is 153 Å². The van der Waals surface area contributed by atoms with E-state index in [-0.39, 0.29) is 0 Å². The molecule has 3 rings (SSSR count). The van der Waals surface area contributed by atoms with Gasteiger partial charge in [0.05, 0.1) is 24.9 Å². The molecule has 25 heavy (non-hydrogen) atoms. The summed E-state index contributed by atoms with van der Waals surface area (Å²) >= 11 is 5.24. The molecule has 1 fully saturated rings. The van der Waals surface area contributed by atoms with Crippen molar-refractivity contribution in [3.05, 3.63) is 42.1 Å². The molecule has 0 aliphatic carbocycles. The van der Waals surface area contributed by atoms with Crippen molar-refractivity contribution in [3.63, 3.8) is 0 Å². The number of fused-ring (bicyclic) bond motifs is 1. The second-order valence-electron chi connectivity index (χ2n) is 5.89. The number of hydrogen-bond donors (Lipinski definition) is 2. The molecule has 2 heterocycles. The highest BCUT2D eigenvalue weighted by Gasteiger charge is 2.08. The summed E-state index contributed by atoms with van der Waals surface area (Å²) in [6.45, 7) is 5.62. The van der Waals surface area contributed by atoms with Crippen LogP contribution in [0.2, 0.25) is 0 Å². The molecule has 0 amide bonds. The van der Waals surface area contributed by atoms with Gasteiger partial charge in [-0.05, 0) is 48.9 Å². The zero-order chi connectivity index (χ0) is 17.3. The van der Waals surface area contributed by atoms with Crippen LogP contribution in [0.5, 0.6) is 0 Å². The number of ether oxygens (including phenoxy) is 1. The minimum absolute atomic E-state index is 0.542. The van der Waals surface area contributed by atoms with Crippen LogP contribution in [0.25, 0.3) is 10.9 Å². The van der Waals surface area contributed by atoms with Crippen LogP contribution in [0.3, 0.4) is 0 Å². The Morgan fingerprint density at radius 3 is 3.08 bits per heavy atom. The Balaban J connectivity index is 1.36. The fourth-order valence-electron chi connectivity index (χ4n) is 2.71. The molecule has 1 aromatic heterocycles. The Bertz CT molecular complexity index is 730. The van der Waals surface area contributed by atoms with Crippen molar-refractivity contribution in [2.75, 3.05) is 39.4 Å². The van der Waals surface area contributed by atoms with Crippen molar-refractivity contribution in [2.24, 2.45) is 5.10 Å².